The maximum atomic E-state index is 12.6. The van der Waals surface area contributed by atoms with Crippen molar-refractivity contribution >= 4 is 19.8 Å². The van der Waals surface area contributed by atoms with Gasteiger partial charge in [0.05, 0.1) is 13.2 Å². The topological polar surface area (TPSA) is 134 Å². The third-order valence-electron chi connectivity index (χ3n) is 8.72. The minimum Gasteiger partial charge on any atom is -0.462 e. The fourth-order valence-electron chi connectivity index (χ4n) is 5.66. The predicted octanol–water partition coefficient (Wildman–Crippen LogP) is 10.9. The molecule has 3 N–H and O–H groups in total. The van der Waals surface area contributed by atoms with Gasteiger partial charge in [-0.3, -0.25) is 18.6 Å². The lowest BCUT2D eigenvalue weighted by Crippen LogP contribution is -2.29. The first-order valence-corrected chi connectivity index (χ1v) is 21.5. The Hall–Kier alpha value is -0.990. The molecule has 0 radical (unpaired) electrons. The summed E-state index contributed by atoms with van der Waals surface area (Å²) in [7, 11) is -4.34. The van der Waals surface area contributed by atoms with Gasteiger partial charge in [0.1, 0.15) is 6.61 Å². The Kier molecular flexibility index (Phi) is 35.1. The highest BCUT2D eigenvalue weighted by Crippen LogP contribution is 2.43. The molecule has 0 saturated carbocycles. The van der Waals surface area contributed by atoms with Gasteiger partial charge < -0.3 is 20.1 Å². The van der Waals surface area contributed by atoms with Gasteiger partial charge in [0.2, 0.25) is 0 Å². The zero-order valence-electron chi connectivity index (χ0n) is 31.2. The van der Waals surface area contributed by atoms with Crippen LogP contribution < -0.4 is 5.73 Å². The van der Waals surface area contributed by atoms with E-state index in [4.69, 9.17) is 24.3 Å². The molecule has 10 heteroatoms. The van der Waals surface area contributed by atoms with E-state index in [1.54, 1.807) is 0 Å². The lowest BCUT2D eigenvalue weighted by molar-refractivity contribution is -0.161. The van der Waals surface area contributed by atoms with Crippen LogP contribution in [0.1, 0.15) is 200 Å². The number of phosphoric ester groups is 1. The minimum atomic E-state index is -4.34. The molecule has 0 aromatic heterocycles. The van der Waals surface area contributed by atoms with E-state index < -0.39 is 26.5 Å². The maximum Gasteiger partial charge on any atom is 0.472 e. The molecule has 0 saturated heterocycles. The molecule has 0 rings (SSSR count). The number of hydrogen-bond acceptors (Lipinski definition) is 8. The van der Waals surface area contributed by atoms with Crippen molar-refractivity contribution in [3.63, 3.8) is 0 Å². The monoisotopic (exact) mass is 706 g/mol. The SMILES string of the molecule is CCCCCCCCCCCCCCCC(=O)OC[C@@H](COP(=O)(O)OCCCCN)OC(=O)CCCCCCCCCCCCCC. The fourth-order valence-corrected chi connectivity index (χ4v) is 6.45. The van der Waals surface area contributed by atoms with Crippen LogP contribution in [0.15, 0.2) is 0 Å². The highest BCUT2D eigenvalue weighted by atomic mass is 31.2. The van der Waals surface area contributed by atoms with E-state index in [-0.39, 0.29) is 25.6 Å². The Labute approximate surface area is 295 Å². The highest BCUT2D eigenvalue weighted by molar-refractivity contribution is 7.47. The molecular formula is C38H76NO8P. The summed E-state index contributed by atoms with van der Waals surface area (Å²) in [6.07, 6.45) is 31.1. The van der Waals surface area contributed by atoms with E-state index in [0.717, 1.165) is 32.1 Å². The van der Waals surface area contributed by atoms with Crippen LogP contribution in [0, 0.1) is 0 Å². The van der Waals surface area contributed by atoms with Crippen molar-refractivity contribution in [1.82, 2.24) is 0 Å². The van der Waals surface area contributed by atoms with Crippen LogP contribution >= 0.6 is 7.82 Å². The summed E-state index contributed by atoms with van der Waals surface area (Å²) in [5.74, 6) is -0.801. The Morgan fingerprint density at radius 3 is 1.35 bits per heavy atom. The van der Waals surface area contributed by atoms with E-state index in [0.29, 0.717) is 32.2 Å². The van der Waals surface area contributed by atoms with E-state index in [1.807, 2.05) is 0 Å². The van der Waals surface area contributed by atoms with Crippen molar-refractivity contribution in [3.05, 3.63) is 0 Å². The number of carbonyl (C=O) groups excluding carboxylic acids is 2. The third-order valence-corrected chi connectivity index (χ3v) is 9.71. The second-order valence-electron chi connectivity index (χ2n) is 13.5. The average molecular weight is 706 g/mol. The summed E-state index contributed by atoms with van der Waals surface area (Å²) >= 11 is 0. The second kappa shape index (κ2) is 35.8. The molecule has 0 aliphatic heterocycles. The number of rotatable bonds is 38. The molecule has 0 aliphatic rings. The molecule has 286 valence electrons. The van der Waals surface area contributed by atoms with Gasteiger partial charge in [-0.2, -0.15) is 0 Å². The minimum absolute atomic E-state index is 0.0303. The zero-order valence-corrected chi connectivity index (χ0v) is 32.1. The van der Waals surface area contributed by atoms with Gasteiger partial charge in [-0.15, -0.1) is 0 Å². The normalized spacial score (nSPS) is 13.3. The lowest BCUT2D eigenvalue weighted by Gasteiger charge is -2.20. The molecule has 0 aromatic carbocycles. The van der Waals surface area contributed by atoms with Crippen LogP contribution in [-0.2, 0) is 32.7 Å². The summed E-state index contributed by atoms with van der Waals surface area (Å²) in [4.78, 5) is 35.0. The van der Waals surface area contributed by atoms with Crippen LogP contribution in [0.5, 0.6) is 0 Å². The van der Waals surface area contributed by atoms with Crippen LogP contribution in [0.25, 0.3) is 0 Å². The van der Waals surface area contributed by atoms with Gasteiger partial charge in [-0.1, -0.05) is 162 Å². The number of hydrogen-bond donors (Lipinski definition) is 2. The second-order valence-corrected chi connectivity index (χ2v) is 15.0. The molecule has 0 fully saturated rings. The molecule has 1 unspecified atom stereocenters. The summed E-state index contributed by atoms with van der Waals surface area (Å²) in [6, 6.07) is 0. The molecule has 9 nitrogen and oxygen atoms in total. The van der Waals surface area contributed by atoms with Gasteiger partial charge >= 0.3 is 19.8 Å². The van der Waals surface area contributed by atoms with Gasteiger partial charge in [-0.05, 0) is 32.2 Å². The van der Waals surface area contributed by atoms with Crippen LogP contribution in [-0.4, -0.2) is 49.3 Å². The smallest absolute Gasteiger partial charge is 0.462 e. The molecule has 0 heterocycles. The number of esters is 2. The summed E-state index contributed by atoms with van der Waals surface area (Å²) in [5, 5.41) is 0. The molecule has 0 amide bonds. The van der Waals surface area contributed by atoms with Crippen LogP contribution in [0.3, 0.4) is 0 Å². The number of phosphoric acid groups is 1. The third kappa shape index (κ3) is 34.9. The Morgan fingerprint density at radius 1 is 0.542 bits per heavy atom. The summed E-state index contributed by atoms with van der Waals surface area (Å²) in [5.41, 5.74) is 5.45. The molecule has 0 spiro atoms. The largest absolute Gasteiger partial charge is 0.472 e. The highest BCUT2D eigenvalue weighted by Gasteiger charge is 2.26. The van der Waals surface area contributed by atoms with Gasteiger partial charge in [0.25, 0.3) is 0 Å². The number of ether oxygens (including phenoxy) is 2. The number of unbranched alkanes of at least 4 members (excludes halogenated alkanes) is 24. The first kappa shape index (κ1) is 47.0. The van der Waals surface area contributed by atoms with E-state index in [2.05, 4.69) is 13.8 Å². The lowest BCUT2D eigenvalue weighted by atomic mass is 10.0. The first-order chi connectivity index (χ1) is 23.3. The molecule has 48 heavy (non-hydrogen) atoms. The molecule has 0 bridgehead atoms. The summed E-state index contributed by atoms with van der Waals surface area (Å²) in [6.45, 7) is 4.35. The Morgan fingerprint density at radius 2 is 0.938 bits per heavy atom. The zero-order chi connectivity index (χ0) is 35.4. The van der Waals surface area contributed by atoms with Gasteiger partial charge in [0.15, 0.2) is 6.10 Å². The number of nitrogens with two attached hydrogens (primary N) is 1. The average Bonchev–Trinajstić information content (AvgIpc) is 3.07. The predicted molar refractivity (Wildman–Crippen MR) is 197 cm³/mol. The Bertz CT molecular complexity index is 769. The van der Waals surface area contributed by atoms with Crippen molar-refractivity contribution in [3.8, 4) is 0 Å². The fraction of sp³-hybridized carbons (Fsp3) is 0.947. The number of carbonyl (C=O) groups is 2. The molecule has 0 aromatic rings. The molecule has 2 atom stereocenters. The van der Waals surface area contributed by atoms with Crippen molar-refractivity contribution in [1.29, 1.82) is 0 Å². The standard InChI is InChI=1S/C38H76NO8P/c1-3-5-7-9-11-13-15-17-19-20-22-24-26-30-37(40)44-34-36(35-46-48(42,43)45-33-29-28-32-39)47-38(41)31-27-25-23-21-18-16-14-12-10-8-6-4-2/h36H,3-35,39H2,1-2H3,(H,42,43)/t36-/m0/s1. The van der Waals surface area contributed by atoms with E-state index in [1.165, 1.54) is 122 Å². The quantitative estimate of drug-likeness (QED) is 0.0365. The van der Waals surface area contributed by atoms with Crippen LogP contribution in [0.4, 0.5) is 0 Å². The van der Waals surface area contributed by atoms with Gasteiger partial charge in [-0.25, -0.2) is 4.57 Å². The van der Waals surface area contributed by atoms with Gasteiger partial charge in [0, 0.05) is 12.8 Å². The van der Waals surface area contributed by atoms with Crippen molar-refractivity contribution in [2.45, 2.75) is 206 Å². The first-order valence-electron chi connectivity index (χ1n) is 20.0. The van der Waals surface area contributed by atoms with E-state index in [9.17, 15) is 19.0 Å². The van der Waals surface area contributed by atoms with E-state index >= 15 is 0 Å². The van der Waals surface area contributed by atoms with Crippen LogP contribution in [0.2, 0.25) is 0 Å². The van der Waals surface area contributed by atoms with Crippen molar-refractivity contribution in [2.75, 3.05) is 26.4 Å². The summed E-state index contributed by atoms with van der Waals surface area (Å²) < 4.78 is 33.3. The maximum absolute atomic E-state index is 12.6. The van der Waals surface area contributed by atoms with Crippen molar-refractivity contribution in [2.24, 2.45) is 5.73 Å². The van der Waals surface area contributed by atoms with Crippen molar-refractivity contribution < 1.29 is 37.6 Å². The Balaban J connectivity index is 4.30. The molecular weight excluding hydrogens is 629 g/mol. The molecule has 0 aliphatic carbocycles.